The third-order valence-corrected chi connectivity index (χ3v) is 1.76. The van der Waals surface area contributed by atoms with Gasteiger partial charge in [-0.15, -0.1) is 0 Å². The van der Waals surface area contributed by atoms with Crippen molar-refractivity contribution < 1.29 is 27.4 Å². The summed E-state index contributed by atoms with van der Waals surface area (Å²) in [5, 5.41) is 0. The Hall–Kier alpha value is -1.72. The highest BCUT2D eigenvalue weighted by Crippen LogP contribution is 2.17. The van der Waals surface area contributed by atoms with E-state index in [-0.39, 0.29) is 0 Å². The van der Waals surface area contributed by atoms with Gasteiger partial charge in [0.1, 0.15) is 18.5 Å². The number of para-hydroxylation sites is 1. The SMILES string of the molecule is CC(COC(=O)C(F)(F)F)Oc1ccccc1. The zero-order valence-corrected chi connectivity index (χ0v) is 9.03. The Kier molecular flexibility index (Phi) is 4.37. The van der Waals surface area contributed by atoms with E-state index in [2.05, 4.69) is 4.74 Å². The molecule has 0 aliphatic heterocycles. The zero-order chi connectivity index (χ0) is 12.9. The topological polar surface area (TPSA) is 35.5 Å². The summed E-state index contributed by atoms with van der Waals surface area (Å²) in [7, 11) is 0. The summed E-state index contributed by atoms with van der Waals surface area (Å²) < 4.78 is 44.7. The van der Waals surface area contributed by atoms with Crippen molar-refractivity contribution in [2.45, 2.75) is 19.2 Å². The van der Waals surface area contributed by atoms with Gasteiger partial charge in [-0.2, -0.15) is 13.2 Å². The first-order chi connectivity index (χ1) is 7.89. The van der Waals surface area contributed by atoms with Crippen LogP contribution in [0.25, 0.3) is 0 Å². The van der Waals surface area contributed by atoms with E-state index in [1.165, 1.54) is 6.92 Å². The van der Waals surface area contributed by atoms with Crippen molar-refractivity contribution >= 4 is 5.97 Å². The standard InChI is InChI=1S/C11H11F3O3/c1-8(7-16-10(15)11(12,13)14)17-9-5-3-2-4-6-9/h2-6,8H,7H2,1H3. The molecule has 0 bridgehead atoms. The van der Waals surface area contributed by atoms with E-state index in [4.69, 9.17) is 4.74 Å². The molecule has 0 radical (unpaired) electrons. The van der Waals surface area contributed by atoms with Crippen molar-refractivity contribution in [3.63, 3.8) is 0 Å². The Morgan fingerprint density at radius 3 is 2.41 bits per heavy atom. The highest BCUT2D eigenvalue weighted by atomic mass is 19.4. The third kappa shape index (κ3) is 4.76. The number of hydrogen-bond donors (Lipinski definition) is 0. The molecule has 0 spiro atoms. The molecule has 0 heterocycles. The van der Waals surface area contributed by atoms with Crippen molar-refractivity contribution in [1.82, 2.24) is 0 Å². The molecule has 6 heteroatoms. The van der Waals surface area contributed by atoms with Gasteiger partial charge in [0.25, 0.3) is 0 Å². The van der Waals surface area contributed by atoms with Gasteiger partial charge >= 0.3 is 12.1 Å². The second-order valence-corrected chi connectivity index (χ2v) is 3.34. The minimum absolute atomic E-state index is 0.451. The van der Waals surface area contributed by atoms with Gasteiger partial charge in [-0.25, -0.2) is 4.79 Å². The van der Waals surface area contributed by atoms with Gasteiger partial charge in [-0.3, -0.25) is 0 Å². The average Bonchev–Trinajstić information content (AvgIpc) is 2.26. The lowest BCUT2D eigenvalue weighted by molar-refractivity contribution is -0.201. The summed E-state index contributed by atoms with van der Waals surface area (Å²) in [5.74, 6) is -1.70. The van der Waals surface area contributed by atoms with Gasteiger partial charge in [0.05, 0.1) is 0 Å². The number of rotatable bonds is 4. The molecule has 0 aliphatic carbocycles. The maximum absolute atomic E-state index is 11.8. The maximum atomic E-state index is 11.8. The minimum Gasteiger partial charge on any atom is -0.487 e. The molecule has 1 rings (SSSR count). The molecular weight excluding hydrogens is 237 g/mol. The predicted octanol–water partition coefficient (Wildman–Crippen LogP) is 2.56. The van der Waals surface area contributed by atoms with E-state index in [0.717, 1.165) is 0 Å². The van der Waals surface area contributed by atoms with E-state index < -0.39 is 24.9 Å². The first kappa shape index (κ1) is 13.3. The molecule has 0 saturated carbocycles. The molecule has 17 heavy (non-hydrogen) atoms. The van der Waals surface area contributed by atoms with Crippen LogP contribution in [0.15, 0.2) is 30.3 Å². The fourth-order valence-electron chi connectivity index (χ4n) is 1.04. The monoisotopic (exact) mass is 248 g/mol. The number of benzene rings is 1. The van der Waals surface area contributed by atoms with Crippen LogP contribution >= 0.6 is 0 Å². The van der Waals surface area contributed by atoms with Crippen LogP contribution in [0.1, 0.15) is 6.92 Å². The second-order valence-electron chi connectivity index (χ2n) is 3.34. The fourth-order valence-corrected chi connectivity index (χ4v) is 1.04. The first-order valence-corrected chi connectivity index (χ1v) is 4.85. The minimum atomic E-state index is -4.97. The lowest BCUT2D eigenvalue weighted by Gasteiger charge is -2.15. The van der Waals surface area contributed by atoms with Crippen molar-refractivity contribution in [3.8, 4) is 5.75 Å². The summed E-state index contributed by atoms with van der Waals surface area (Å²) in [5.41, 5.74) is 0. The summed E-state index contributed by atoms with van der Waals surface area (Å²) in [6.07, 6.45) is -5.62. The van der Waals surface area contributed by atoms with E-state index in [1.54, 1.807) is 30.3 Å². The van der Waals surface area contributed by atoms with Crippen molar-refractivity contribution in [3.05, 3.63) is 30.3 Å². The zero-order valence-electron chi connectivity index (χ0n) is 9.03. The van der Waals surface area contributed by atoms with Crippen LogP contribution in [-0.4, -0.2) is 24.9 Å². The van der Waals surface area contributed by atoms with Crippen molar-refractivity contribution in [2.24, 2.45) is 0 Å². The van der Waals surface area contributed by atoms with Crippen LogP contribution in [0.5, 0.6) is 5.75 Å². The Labute approximate surface area is 96.1 Å². The molecule has 0 N–H and O–H groups in total. The summed E-state index contributed by atoms with van der Waals surface area (Å²) in [6, 6.07) is 8.54. The fraction of sp³-hybridized carbons (Fsp3) is 0.364. The summed E-state index contributed by atoms with van der Waals surface area (Å²) in [6.45, 7) is 1.06. The number of alkyl halides is 3. The lowest BCUT2D eigenvalue weighted by atomic mass is 10.3. The van der Waals surface area contributed by atoms with E-state index in [1.807, 2.05) is 0 Å². The Morgan fingerprint density at radius 2 is 1.88 bits per heavy atom. The third-order valence-electron chi connectivity index (χ3n) is 1.76. The van der Waals surface area contributed by atoms with Gasteiger partial charge in [0.2, 0.25) is 0 Å². The van der Waals surface area contributed by atoms with Gasteiger partial charge in [-0.05, 0) is 19.1 Å². The molecule has 1 aromatic carbocycles. The number of halogens is 3. The Bertz CT molecular complexity index is 362. The van der Waals surface area contributed by atoms with Crippen LogP contribution in [0.3, 0.4) is 0 Å². The summed E-state index contributed by atoms with van der Waals surface area (Å²) >= 11 is 0. The van der Waals surface area contributed by atoms with Gasteiger partial charge in [0.15, 0.2) is 0 Å². The van der Waals surface area contributed by atoms with Crippen LogP contribution in [0.2, 0.25) is 0 Å². The first-order valence-electron chi connectivity index (χ1n) is 4.85. The highest BCUT2D eigenvalue weighted by molar-refractivity contribution is 5.75. The van der Waals surface area contributed by atoms with E-state index in [9.17, 15) is 18.0 Å². The van der Waals surface area contributed by atoms with Crippen molar-refractivity contribution in [2.75, 3.05) is 6.61 Å². The largest absolute Gasteiger partial charge is 0.490 e. The van der Waals surface area contributed by atoms with Crippen LogP contribution in [-0.2, 0) is 9.53 Å². The maximum Gasteiger partial charge on any atom is 0.490 e. The molecule has 1 unspecified atom stereocenters. The number of esters is 1. The molecular formula is C11H11F3O3. The normalized spacial score (nSPS) is 12.9. The molecule has 0 saturated heterocycles. The van der Waals surface area contributed by atoms with E-state index >= 15 is 0 Å². The molecule has 94 valence electrons. The second kappa shape index (κ2) is 5.56. The molecule has 3 nitrogen and oxygen atoms in total. The molecule has 0 aliphatic rings. The van der Waals surface area contributed by atoms with Crippen LogP contribution < -0.4 is 4.74 Å². The lowest BCUT2D eigenvalue weighted by Crippen LogP contribution is -2.30. The van der Waals surface area contributed by atoms with Gasteiger partial charge in [0, 0.05) is 0 Å². The van der Waals surface area contributed by atoms with Gasteiger partial charge < -0.3 is 9.47 Å². The molecule has 0 fully saturated rings. The molecule has 1 atom stereocenters. The average molecular weight is 248 g/mol. The van der Waals surface area contributed by atoms with Crippen LogP contribution in [0.4, 0.5) is 13.2 Å². The Morgan fingerprint density at radius 1 is 1.29 bits per heavy atom. The molecule has 0 aromatic heterocycles. The quantitative estimate of drug-likeness (QED) is 0.768. The Balaban J connectivity index is 2.36. The predicted molar refractivity (Wildman–Crippen MR) is 53.5 cm³/mol. The highest BCUT2D eigenvalue weighted by Gasteiger charge is 2.41. The summed E-state index contributed by atoms with van der Waals surface area (Å²) in [4.78, 5) is 10.4. The van der Waals surface area contributed by atoms with E-state index in [0.29, 0.717) is 5.75 Å². The van der Waals surface area contributed by atoms with Crippen LogP contribution in [0, 0.1) is 0 Å². The van der Waals surface area contributed by atoms with Gasteiger partial charge in [-0.1, -0.05) is 18.2 Å². The van der Waals surface area contributed by atoms with Crippen molar-refractivity contribution in [1.29, 1.82) is 0 Å². The number of carbonyl (C=O) groups is 1. The number of hydrogen-bond acceptors (Lipinski definition) is 3. The number of ether oxygens (including phenoxy) is 2. The molecule has 1 aromatic rings. The smallest absolute Gasteiger partial charge is 0.487 e. The molecule has 0 amide bonds. The number of carbonyl (C=O) groups excluding carboxylic acids is 1.